The van der Waals surface area contributed by atoms with Crippen LogP contribution in [-0.2, 0) is 6.54 Å². The molecule has 2 rings (SSSR count). The molecular formula is C15H15F2NO. The molecule has 0 heterocycles. The topological polar surface area (TPSA) is 32.3 Å². The van der Waals surface area contributed by atoms with E-state index in [9.17, 15) is 13.9 Å². The van der Waals surface area contributed by atoms with Crippen molar-refractivity contribution in [3.63, 3.8) is 0 Å². The van der Waals surface area contributed by atoms with Crippen molar-refractivity contribution in [2.45, 2.75) is 12.6 Å². The first-order valence-electron chi connectivity index (χ1n) is 6.04. The highest BCUT2D eigenvalue weighted by atomic mass is 19.1. The molecule has 0 amide bonds. The maximum Gasteiger partial charge on any atom is 0.127 e. The fourth-order valence-corrected chi connectivity index (χ4v) is 1.89. The third-order valence-electron chi connectivity index (χ3n) is 2.93. The lowest BCUT2D eigenvalue weighted by molar-refractivity contribution is 0.243. The smallest absolute Gasteiger partial charge is 0.127 e. The van der Waals surface area contributed by atoms with E-state index in [1.54, 1.807) is 0 Å². The van der Waals surface area contributed by atoms with Gasteiger partial charge in [-0.1, -0.05) is 30.3 Å². The van der Waals surface area contributed by atoms with Crippen molar-refractivity contribution in [3.8, 4) is 0 Å². The molecule has 0 saturated heterocycles. The number of halogens is 2. The second-order valence-corrected chi connectivity index (χ2v) is 4.26. The van der Waals surface area contributed by atoms with Gasteiger partial charge in [-0.3, -0.25) is 0 Å². The van der Waals surface area contributed by atoms with Gasteiger partial charge in [-0.2, -0.15) is 0 Å². The summed E-state index contributed by atoms with van der Waals surface area (Å²) in [4.78, 5) is 0. The standard InChI is InChI=1S/C15H15F2NO/c16-13-6-7-14(17)12(8-13)9-18-15(10-19)11-4-2-1-3-5-11/h1-8,15,18-19H,9-10H2. The van der Waals surface area contributed by atoms with Gasteiger partial charge in [0.25, 0.3) is 0 Å². The van der Waals surface area contributed by atoms with Gasteiger partial charge in [0.1, 0.15) is 11.6 Å². The summed E-state index contributed by atoms with van der Waals surface area (Å²) in [5.41, 5.74) is 1.15. The Morgan fingerprint density at radius 1 is 1.05 bits per heavy atom. The van der Waals surface area contributed by atoms with Crippen LogP contribution < -0.4 is 5.32 Å². The maximum absolute atomic E-state index is 13.5. The summed E-state index contributed by atoms with van der Waals surface area (Å²) in [7, 11) is 0. The van der Waals surface area contributed by atoms with Crippen LogP contribution in [0.15, 0.2) is 48.5 Å². The Hall–Kier alpha value is -1.78. The molecule has 0 aliphatic rings. The van der Waals surface area contributed by atoms with Crippen LogP contribution in [0.5, 0.6) is 0 Å². The van der Waals surface area contributed by atoms with Crippen LogP contribution in [0.2, 0.25) is 0 Å². The molecule has 0 aliphatic carbocycles. The van der Waals surface area contributed by atoms with Crippen molar-refractivity contribution in [2.24, 2.45) is 0 Å². The van der Waals surface area contributed by atoms with Gasteiger partial charge in [-0.05, 0) is 23.8 Å². The van der Waals surface area contributed by atoms with E-state index in [-0.39, 0.29) is 24.8 Å². The van der Waals surface area contributed by atoms with Crippen molar-refractivity contribution in [1.82, 2.24) is 5.32 Å². The van der Waals surface area contributed by atoms with Crippen LogP contribution in [-0.4, -0.2) is 11.7 Å². The summed E-state index contributed by atoms with van der Waals surface area (Å²) in [5.74, 6) is -0.933. The van der Waals surface area contributed by atoms with Crippen LogP contribution in [0.3, 0.4) is 0 Å². The van der Waals surface area contributed by atoms with Gasteiger partial charge in [0.15, 0.2) is 0 Å². The first-order chi connectivity index (χ1) is 9.20. The minimum atomic E-state index is -0.474. The second-order valence-electron chi connectivity index (χ2n) is 4.26. The zero-order chi connectivity index (χ0) is 13.7. The van der Waals surface area contributed by atoms with Gasteiger partial charge in [-0.25, -0.2) is 8.78 Å². The fraction of sp³-hybridized carbons (Fsp3) is 0.200. The molecule has 0 aliphatic heterocycles. The van der Waals surface area contributed by atoms with Crippen molar-refractivity contribution in [1.29, 1.82) is 0 Å². The Bertz CT molecular complexity index is 531. The molecule has 2 N–H and O–H groups in total. The molecule has 1 unspecified atom stereocenters. The lowest BCUT2D eigenvalue weighted by Gasteiger charge is -2.17. The molecule has 0 saturated carbocycles. The second kappa shape index (κ2) is 6.41. The zero-order valence-corrected chi connectivity index (χ0v) is 10.3. The third-order valence-corrected chi connectivity index (χ3v) is 2.93. The van der Waals surface area contributed by atoms with E-state index in [2.05, 4.69) is 5.32 Å². The molecule has 19 heavy (non-hydrogen) atoms. The van der Waals surface area contributed by atoms with Gasteiger partial charge in [0, 0.05) is 12.1 Å². The van der Waals surface area contributed by atoms with E-state index in [1.807, 2.05) is 30.3 Å². The lowest BCUT2D eigenvalue weighted by Crippen LogP contribution is -2.24. The summed E-state index contributed by atoms with van der Waals surface area (Å²) in [6, 6.07) is 12.4. The van der Waals surface area contributed by atoms with E-state index in [4.69, 9.17) is 0 Å². The highest BCUT2D eigenvalue weighted by Crippen LogP contribution is 2.14. The quantitative estimate of drug-likeness (QED) is 0.869. The summed E-state index contributed by atoms with van der Waals surface area (Å²) >= 11 is 0. The average Bonchev–Trinajstić information content (AvgIpc) is 2.44. The van der Waals surface area contributed by atoms with Crippen LogP contribution in [0.1, 0.15) is 17.2 Å². The highest BCUT2D eigenvalue weighted by Gasteiger charge is 2.11. The molecule has 0 fully saturated rings. The predicted octanol–water partition coefficient (Wildman–Crippen LogP) is 2.79. The SMILES string of the molecule is OCC(NCc1cc(F)ccc1F)c1ccccc1. The van der Waals surface area contributed by atoms with Crippen LogP contribution in [0, 0.1) is 11.6 Å². The number of hydrogen-bond acceptors (Lipinski definition) is 2. The van der Waals surface area contributed by atoms with Crippen molar-refractivity contribution < 1.29 is 13.9 Å². The Morgan fingerprint density at radius 2 is 1.79 bits per heavy atom. The molecule has 1 atom stereocenters. The summed E-state index contributed by atoms with van der Waals surface area (Å²) < 4.78 is 26.5. The molecule has 4 heteroatoms. The van der Waals surface area contributed by atoms with E-state index in [0.717, 1.165) is 23.8 Å². The number of benzene rings is 2. The Kier molecular flexibility index (Phi) is 4.60. The number of rotatable bonds is 5. The van der Waals surface area contributed by atoms with E-state index in [1.165, 1.54) is 0 Å². The normalized spacial score (nSPS) is 12.4. The van der Waals surface area contributed by atoms with Gasteiger partial charge in [0.05, 0.1) is 12.6 Å². The minimum absolute atomic E-state index is 0.110. The first-order valence-corrected chi connectivity index (χ1v) is 6.04. The van der Waals surface area contributed by atoms with Crippen LogP contribution >= 0.6 is 0 Å². The monoisotopic (exact) mass is 263 g/mol. The van der Waals surface area contributed by atoms with Crippen molar-refractivity contribution in [2.75, 3.05) is 6.61 Å². The maximum atomic E-state index is 13.5. The number of aliphatic hydroxyl groups is 1. The molecular weight excluding hydrogens is 248 g/mol. The number of nitrogens with one attached hydrogen (secondary N) is 1. The number of aliphatic hydroxyl groups excluding tert-OH is 1. The number of hydrogen-bond donors (Lipinski definition) is 2. The van der Waals surface area contributed by atoms with Gasteiger partial charge < -0.3 is 10.4 Å². The Morgan fingerprint density at radius 3 is 2.47 bits per heavy atom. The lowest BCUT2D eigenvalue weighted by atomic mass is 10.1. The summed E-state index contributed by atoms with van der Waals surface area (Å²) in [6.45, 7) is 0.0463. The molecule has 2 aromatic carbocycles. The molecule has 0 spiro atoms. The summed E-state index contributed by atoms with van der Waals surface area (Å²) in [5, 5.41) is 12.4. The van der Waals surface area contributed by atoms with Gasteiger partial charge in [-0.15, -0.1) is 0 Å². The Balaban J connectivity index is 2.06. The predicted molar refractivity (Wildman–Crippen MR) is 69.5 cm³/mol. The van der Waals surface area contributed by atoms with Crippen molar-refractivity contribution >= 4 is 0 Å². The van der Waals surface area contributed by atoms with Crippen LogP contribution in [0.4, 0.5) is 8.78 Å². The molecule has 0 bridgehead atoms. The fourth-order valence-electron chi connectivity index (χ4n) is 1.89. The molecule has 100 valence electrons. The third kappa shape index (κ3) is 3.59. The molecule has 2 aromatic rings. The summed E-state index contributed by atoms with van der Waals surface area (Å²) in [6.07, 6.45) is 0. The van der Waals surface area contributed by atoms with Gasteiger partial charge in [0.2, 0.25) is 0 Å². The van der Waals surface area contributed by atoms with E-state index < -0.39 is 11.6 Å². The molecule has 0 radical (unpaired) electrons. The van der Waals surface area contributed by atoms with Gasteiger partial charge >= 0.3 is 0 Å². The average molecular weight is 263 g/mol. The Labute approximate surface area is 110 Å². The van der Waals surface area contributed by atoms with E-state index >= 15 is 0 Å². The van der Waals surface area contributed by atoms with Crippen molar-refractivity contribution in [3.05, 3.63) is 71.3 Å². The van der Waals surface area contributed by atoms with Crippen LogP contribution in [0.25, 0.3) is 0 Å². The largest absolute Gasteiger partial charge is 0.394 e. The zero-order valence-electron chi connectivity index (χ0n) is 10.3. The van der Waals surface area contributed by atoms with E-state index in [0.29, 0.717) is 0 Å². The highest BCUT2D eigenvalue weighted by molar-refractivity contribution is 5.21. The minimum Gasteiger partial charge on any atom is -0.394 e. The first kappa shape index (κ1) is 13.6. The molecule has 0 aromatic heterocycles. The molecule has 2 nitrogen and oxygen atoms in total.